The largest absolute Gasteiger partial charge is 0.495 e. The number of methoxy groups -OCH3 is 2. The Morgan fingerprint density at radius 2 is 1.95 bits per heavy atom. The third-order valence-electron chi connectivity index (χ3n) is 3.11. The Morgan fingerprint density at radius 1 is 1.32 bits per heavy atom. The zero-order valence-corrected chi connectivity index (χ0v) is 14.3. The van der Waals surface area contributed by atoms with E-state index in [1.165, 1.54) is 14.2 Å². The van der Waals surface area contributed by atoms with Crippen LogP contribution in [0.1, 0.15) is 23.7 Å². The molecule has 0 unspecified atom stereocenters. The standard InChI is InChI=1S/C15H18BrN3O3/c1-4-6-19-7-5-17-15(19)18-14(20)10-8-11(21-2)13(16)12(9-10)22-3/h5,7-9H,4,6H2,1-3H3,(H,17,18,20). The van der Waals surface area contributed by atoms with Gasteiger partial charge in [-0.1, -0.05) is 6.92 Å². The van der Waals surface area contributed by atoms with Crippen molar-refractivity contribution in [1.82, 2.24) is 9.55 Å². The number of imidazole rings is 1. The van der Waals surface area contributed by atoms with Gasteiger partial charge in [-0.2, -0.15) is 0 Å². The number of anilines is 1. The molecule has 1 N–H and O–H groups in total. The molecule has 1 aromatic carbocycles. The second-order valence-electron chi connectivity index (χ2n) is 4.59. The summed E-state index contributed by atoms with van der Waals surface area (Å²) in [6, 6.07) is 3.30. The van der Waals surface area contributed by atoms with Crippen LogP contribution in [0, 0.1) is 0 Å². The molecule has 0 saturated heterocycles. The van der Waals surface area contributed by atoms with E-state index in [2.05, 4.69) is 33.2 Å². The molecule has 2 rings (SSSR count). The summed E-state index contributed by atoms with van der Waals surface area (Å²) in [4.78, 5) is 16.6. The lowest BCUT2D eigenvalue weighted by molar-refractivity contribution is 0.102. The van der Waals surface area contributed by atoms with Gasteiger partial charge in [0.25, 0.3) is 5.91 Å². The van der Waals surface area contributed by atoms with Gasteiger partial charge in [0.05, 0.1) is 14.2 Å². The number of halogens is 1. The Bertz CT molecular complexity index is 645. The lowest BCUT2D eigenvalue weighted by Crippen LogP contribution is -2.16. The third kappa shape index (κ3) is 3.41. The Balaban J connectivity index is 2.27. The highest BCUT2D eigenvalue weighted by Gasteiger charge is 2.16. The van der Waals surface area contributed by atoms with Gasteiger partial charge in [-0.15, -0.1) is 0 Å². The SMILES string of the molecule is CCCn1ccnc1NC(=O)c1cc(OC)c(Br)c(OC)c1. The average molecular weight is 368 g/mol. The van der Waals surface area contributed by atoms with Crippen molar-refractivity contribution in [2.24, 2.45) is 0 Å². The van der Waals surface area contributed by atoms with Gasteiger partial charge >= 0.3 is 0 Å². The molecule has 7 heteroatoms. The van der Waals surface area contributed by atoms with Crippen LogP contribution in [-0.4, -0.2) is 29.7 Å². The van der Waals surface area contributed by atoms with Crippen molar-refractivity contribution in [2.75, 3.05) is 19.5 Å². The molecule has 2 aromatic rings. The van der Waals surface area contributed by atoms with Crippen LogP contribution in [0.25, 0.3) is 0 Å². The number of benzene rings is 1. The quantitative estimate of drug-likeness (QED) is 0.850. The minimum atomic E-state index is -0.271. The van der Waals surface area contributed by atoms with E-state index in [9.17, 15) is 4.79 Å². The summed E-state index contributed by atoms with van der Waals surface area (Å²) in [5.74, 6) is 1.31. The van der Waals surface area contributed by atoms with E-state index in [0.717, 1.165) is 13.0 Å². The highest BCUT2D eigenvalue weighted by molar-refractivity contribution is 9.10. The van der Waals surface area contributed by atoms with Crippen molar-refractivity contribution in [3.63, 3.8) is 0 Å². The summed E-state index contributed by atoms with van der Waals surface area (Å²) in [5, 5.41) is 2.80. The smallest absolute Gasteiger partial charge is 0.258 e. The monoisotopic (exact) mass is 367 g/mol. The summed E-state index contributed by atoms with van der Waals surface area (Å²) in [6.07, 6.45) is 4.45. The van der Waals surface area contributed by atoms with Crippen molar-refractivity contribution in [3.8, 4) is 11.5 Å². The molecule has 1 amide bonds. The number of aryl methyl sites for hydroxylation is 1. The molecular weight excluding hydrogens is 350 g/mol. The van der Waals surface area contributed by atoms with Gasteiger partial charge in [0.15, 0.2) is 0 Å². The van der Waals surface area contributed by atoms with Crippen LogP contribution >= 0.6 is 15.9 Å². The number of carbonyl (C=O) groups excluding carboxylic acids is 1. The summed E-state index contributed by atoms with van der Waals surface area (Å²) >= 11 is 3.38. The minimum absolute atomic E-state index is 0.271. The molecule has 0 aliphatic heterocycles. The summed E-state index contributed by atoms with van der Waals surface area (Å²) in [7, 11) is 3.07. The fourth-order valence-electron chi connectivity index (χ4n) is 2.03. The molecule has 0 atom stereocenters. The van der Waals surface area contributed by atoms with E-state index in [-0.39, 0.29) is 5.91 Å². The van der Waals surface area contributed by atoms with Crippen LogP contribution in [0.3, 0.4) is 0 Å². The number of nitrogens with one attached hydrogen (secondary N) is 1. The predicted octanol–water partition coefficient (Wildman–Crippen LogP) is 3.33. The molecule has 0 bridgehead atoms. The maximum absolute atomic E-state index is 12.4. The molecule has 1 aromatic heterocycles. The Labute approximate surface area is 137 Å². The van der Waals surface area contributed by atoms with E-state index in [1.807, 2.05) is 10.8 Å². The maximum Gasteiger partial charge on any atom is 0.258 e. The number of hydrogen-bond donors (Lipinski definition) is 1. The lowest BCUT2D eigenvalue weighted by atomic mass is 10.2. The van der Waals surface area contributed by atoms with Crippen LogP contribution in [0.4, 0.5) is 5.95 Å². The number of aromatic nitrogens is 2. The molecule has 0 spiro atoms. The second-order valence-corrected chi connectivity index (χ2v) is 5.39. The maximum atomic E-state index is 12.4. The molecule has 118 valence electrons. The van der Waals surface area contributed by atoms with Gasteiger partial charge in [0, 0.05) is 24.5 Å². The number of amides is 1. The minimum Gasteiger partial charge on any atom is -0.495 e. The van der Waals surface area contributed by atoms with Gasteiger partial charge in [0.2, 0.25) is 5.95 Å². The highest BCUT2D eigenvalue weighted by Crippen LogP contribution is 2.35. The number of ether oxygens (including phenoxy) is 2. The zero-order chi connectivity index (χ0) is 16.1. The highest BCUT2D eigenvalue weighted by atomic mass is 79.9. The zero-order valence-electron chi connectivity index (χ0n) is 12.7. The van der Waals surface area contributed by atoms with Crippen molar-refractivity contribution in [2.45, 2.75) is 19.9 Å². The molecule has 0 saturated carbocycles. The van der Waals surface area contributed by atoms with Crippen LogP contribution in [0.5, 0.6) is 11.5 Å². The average Bonchev–Trinajstić information content (AvgIpc) is 2.95. The van der Waals surface area contributed by atoms with Crippen LogP contribution in [0.2, 0.25) is 0 Å². The molecule has 6 nitrogen and oxygen atoms in total. The van der Waals surface area contributed by atoms with Gasteiger partial charge in [0.1, 0.15) is 16.0 Å². The van der Waals surface area contributed by atoms with Crippen LogP contribution in [0.15, 0.2) is 29.0 Å². The number of rotatable bonds is 6. The molecular formula is C15H18BrN3O3. The summed E-state index contributed by atoms with van der Waals surface area (Å²) in [6.45, 7) is 2.86. The normalized spacial score (nSPS) is 10.4. The molecule has 22 heavy (non-hydrogen) atoms. The first-order chi connectivity index (χ1) is 10.6. The first kappa shape index (κ1) is 16.4. The lowest BCUT2D eigenvalue weighted by Gasteiger charge is -2.12. The summed E-state index contributed by atoms with van der Waals surface area (Å²) < 4.78 is 13.1. The van der Waals surface area contributed by atoms with Crippen molar-refractivity contribution in [1.29, 1.82) is 0 Å². The van der Waals surface area contributed by atoms with Gasteiger partial charge in [-0.25, -0.2) is 4.98 Å². The van der Waals surface area contributed by atoms with E-state index in [4.69, 9.17) is 9.47 Å². The Hall–Kier alpha value is -2.02. The second kappa shape index (κ2) is 7.31. The van der Waals surface area contributed by atoms with E-state index < -0.39 is 0 Å². The molecule has 0 radical (unpaired) electrons. The number of nitrogens with zero attached hydrogens (tertiary/aromatic N) is 2. The molecule has 0 fully saturated rings. The summed E-state index contributed by atoms with van der Waals surface area (Å²) in [5.41, 5.74) is 0.433. The van der Waals surface area contributed by atoms with Gasteiger partial charge in [-0.05, 0) is 34.5 Å². The van der Waals surface area contributed by atoms with E-state index >= 15 is 0 Å². The van der Waals surface area contributed by atoms with E-state index in [1.54, 1.807) is 18.3 Å². The van der Waals surface area contributed by atoms with Gasteiger partial charge in [-0.3, -0.25) is 10.1 Å². The molecule has 0 aliphatic carbocycles. The van der Waals surface area contributed by atoms with Gasteiger partial charge < -0.3 is 14.0 Å². The first-order valence-electron chi connectivity index (χ1n) is 6.84. The third-order valence-corrected chi connectivity index (χ3v) is 3.89. The van der Waals surface area contributed by atoms with Crippen LogP contribution < -0.4 is 14.8 Å². The predicted molar refractivity (Wildman–Crippen MR) is 87.7 cm³/mol. The van der Waals surface area contributed by atoms with Crippen LogP contribution in [-0.2, 0) is 6.54 Å². The Morgan fingerprint density at radius 3 is 2.50 bits per heavy atom. The molecule has 1 heterocycles. The topological polar surface area (TPSA) is 65.4 Å². The number of hydrogen-bond acceptors (Lipinski definition) is 4. The van der Waals surface area contributed by atoms with E-state index in [0.29, 0.717) is 27.5 Å². The number of carbonyl (C=O) groups is 1. The van der Waals surface area contributed by atoms with Crippen molar-refractivity contribution >= 4 is 27.8 Å². The van der Waals surface area contributed by atoms with Crippen molar-refractivity contribution in [3.05, 3.63) is 34.6 Å². The Kier molecular flexibility index (Phi) is 5.43. The van der Waals surface area contributed by atoms with Crippen molar-refractivity contribution < 1.29 is 14.3 Å². The molecule has 0 aliphatic rings. The fraction of sp³-hybridized carbons (Fsp3) is 0.333. The first-order valence-corrected chi connectivity index (χ1v) is 7.64. The fourth-order valence-corrected chi connectivity index (χ4v) is 2.58.